The molecular weight excluding hydrogens is 378 g/mol. The van der Waals surface area contributed by atoms with Gasteiger partial charge in [0.25, 0.3) is 0 Å². The molecule has 0 radical (unpaired) electrons. The van der Waals surface area contributed by atoms with Crippen LogP contribution in [0, 0.1) is 11.8 Å². The maximum absolute atomic E-state index is 12.9. The highest BCUT2D eigenvalue weighted by molar-refractivity contribution is 6.15. The number of furan rings is 1. The zero-order valence-corrected chi connectivity index (χ0v) is 17.2. The molecule has 0 unspecified atom stereocenters. The monoisotopic (exact) mass is 403 g/mol. The fourth-order valence-electron chi connectivity index (χ4n) is 4.80. The van der Waals surface area contributed by atoms with E-state index in [-0.39, 0.29) is 17.3 Å². The smallest absolute Gasteiger partial charge is 0.232 e. The number of carbonyl (C=O) groups is 1. The summed E-state index contributed by atoms with van der Waals surface area (Å²) in [5.74, 6) is 2.45. The summed E-state index contributed by atoms with van der Waals surface area (Å²) in [6, 6.07) is 12.8. The molecule has 1 saturated heterocycles. The molecule has 0 bridgehead atoms. The highest BCUT2D eigenvalue weighted by Gasteiger charge is 2.33. The number of nitrogens with zero attached hydrogens (tertiary/aromatic N) is 1. The molecule has 2 aliphatic rings. The van der Waals surface area contributed by atoms with Crippen LogP contribution in [-0.4, -0.2) is 28.9 Å². The van der Waals surface area contributed by atoms with E-state index in [1.54, 1.807) is 18.2 Å². The number of hydrogen-bond donors (Lipinski definition) is 1. The van der Waals surface area contributed by atoms with Crippen molar-refractivity contribution in [3.8, 4) is 11.5 Å². The van der Waals surface area contributed by atoms with Gasteiger partial charge in [-0.3, -0.25) is 9.69 Å². The van der Waals surface area contributed by atoms with Crippen LogP contribution in [0.2, 0.25) is 0 Å². The number of phenols is 1. The second-order valence-corrected chi connectivity index (χ2v) is 8.71. The van der Waals surface area contributed by atoms with Crippen molar-refractivity contribution >= 4 is 22.8 Å². The summed E-state index contributed by atoms with van der Waals surface area (Å²) >= 11 is 0. The van der Waals surface area contributed by atoms with Crippen molar-refractivity contribution in [2.24, 2.45) is 11.8 Å². The minimum atomic E-state index is -0.188. The molecule has 0 saturated carbocycles. The lowest BCUT2D eigenvalue weighted by Crippen LogP contribution is -2.38. The quantitative estimate of drug-likeness (QED) is 0.607. The molecule has 1 fully saturated rings. The Kier molecular flexibility index (Phi) is 4.63. The Balaban J connectivity index is 1.46. The molecule has 2 aromatic carbocycles. The Morgan fingerprint density at radius 1 is 1.13 bits per heavy atom. The van der Waals surface area contributed by atoms with Crippen molar-refractivity contribution < 1.29 is 19.1 Å². The van der Waals surface area contributed by atoms with Gasteiger partial charge in [0.05, 0.1) is 11.1 Å². The highest BCUT2D eigenvalue weighted by Crippen LogP contribution is 2.41. The second kappa shape index (κ2) is 7.33. The van der Waals surface area contributed by atoms with Crippen LogP contribution in [0.3, 0.4) is 0 Å². The molecule has 3 aromatic rings. The lowest BCUT2D eigenvalue weighted by molar-refractivity contribution is 0.101. The third kappa shape index (κ3) is 3.39. The summed E-state index contributed by atoms with van der Waals surface area (Å²) in [6.07, 6.45) is 2.85. The maximum Gasteiger partial charge on any atom is 0.232 e. The second-order valence-electron chi connectivity index (χ2n) is 8.71. The molecular formula is C25H25NO4. The lowest BCUT2D eigenvalue weighted by atomic mass is 9.91. The first-order valence-electron chi connectivity index (χ1n) is 10.5. The van der Waals surface area contributed by atoms with E-state index in [0.29, 0.717) is 41.0 Å². The Morgan fingerprint density at radius 2 is 1.90 bits per heavy atom. The van der Waals surface area contributed by atoms with Gasteiger partial charge in [0, 0.05) is 31.1 Å². The van der Waals surface area contributed by atoms with Crippen molar-refractivity contribution in [3.05, 3.63) is 65.1 Å². The summed E-state index contributed by atoms with van der Waals surface area (Å²) in [6.45, 7) is 7.03. The van der Waals surface area contributed by atoms with E-state index in [0.717, 1.165) is 24.1 Å². The number of benzene rings is 2. The number of carbonyl (C=O) groups excluding carboxylic acids is 1. The summed E-state index contributed by atoms with van der Waals surface area (Å²) in [4.78, 5) is 15.3. The van der Waals surface area contributed by atoms with Crippen LogP contribution in [0.4, 0.5) is 0 Å². The van der Waals surface area contributed by atoms with Gasteiger partial charge in [-0.1, -0.05) is 32.0 Å². The number of rotatable bonds is 3. The summed E-state index contributed by atoms with van der Waals surface area (Å²) in [5, 5.41) is 11.5. The largest absolute Gasteiger partial charge is 0.507 e. The van der Waals surface area contributed by atoms with Crippen molar-refractivity contribution in [1.82, 2.24) is 4.90 Å². The number of phenolic OH excluding ortho intramolecular Hbond substituents is 1. The van der Waals surface area contributed by atoms with Crippen molar-refractivity contribution in [1.29, 1.82) is 0 Å². The molecule has 5 rings (SSSR count). The predicted octanol–water partition coefficient (Wildman–Crippen LogP) is 5.23. The van der Waals surface area contributed by atoms with Gasteiger partial charge in [0.2, 0.25) is 5.78 Å². The van der Waals surface area contributed by atoms with Crippen LogP contribution in [0.25, 0.3) is 17.0 Å². The van der Waals surface area contributed by atoms with Crippen LogP contribution in [0.15, 0.2) is 52.6 Å². The van der Waals surface area contributed by atoms with E-state index in [1.807, 2.05) is 30.3 Å². The van der Waals surface area contributed by atoms with Gasteiger partial charge in [-0.15, -0.1) is 0 Å². The maximum atomic E-state index is 12.9. The Morgan fingerprint density at radius 3 is 2.67 bits per heavy atom. The predicted molar refractivity (Wildman–Crippen MR) is 115 cm³/mol. The third-order valence-corrected chi connectivity index (χ3v) is 5.96. The van der Waals surface area contributed by atoms with Gasteiger partial charge in [-0.25, -0.2) is 0 Å². The van der Waals surface area contributed by atoms with Crippen molar-refractivity contribution in [3.63, 3.8) is 0 Å². The van der Waals surface area contributed by atoms with E-state index in [9.17, 15) is 9.90 Å². The van der Waals surface area contributed by atoms with Gasteiger partial charge < -0.3 is 14.3 Å². The zero-order valence-electron chi connectivity index (χ0n) is 17.2. The molecule has 0 aliphatic carbocycles. The number of hydrogen-bond acceptors (Lipinski definition) is 5. The van der Waals surface area contributed by atoms with Crippen LogP contribution in [-0.2, 0) is 6.54 Å². The zero-order chi connectivity index (χ0) is 20.8. The van der Waals surface area contributed by atoms with E-state index in [1.165, 1.54) is 6.42 Å². The Hall–Kier alpha value is -3.05. The number of piperidine rings is 1. The van der Waals surface area contributed by atoms with Crippen molar-refractivity contribution in [2.45, 2.75) is 26.8 Å². The number of fused-ring (bicyclic) bond motifs is 2. The molecule has 0 spiro atoms. The molecule has 1 aromatic heterocycles. The molecule has 2 atom stereocenters. The average Bonchev–Trinajstić information content (AvgIpc) is 3.24. The van der Waals surface area contributed by atoms with Gasteiger partial charge in [0.1, 0.15) is 22.8 Å². The van der Waals surface area contributed by atoms with Crippen LogP contribution < -0.4 is 4.74 Å². The fourth-order valence-corrected chi connectivity index (χ4v) is 4.80. The lowest BCUT2D eigenvalue weighted by Gasteiger charge is -2.35. The summed E-state index contributed by atoms with van der Waals surface area (Å²) in [5.41, 5.74) is 1.93. The van der Waals surface area contributed by atoms with Crippen LogP contribution in [0.1, 0.15) is 41.9 Å². The normalized spacial score (nSPS) is 23.1. The molecule has 2 aliphatic heterocycles. The summed E-state index contributed by atoms with van der Waals surface area (Å²) in [7, 11) is 0. The number of para-hydroxylation sites is 1. The number of likely N-dealkylation sites (tertiary alicyclic amines) is 1. The van der Waals surface area contributed by atoms with E-state index < -0.39 is 0 Å². The van der Waals surface area contributed by atoms with Crippen molar-refractivity contribution in [2.75, 3.05) is 13.1 Å². The Labute approximate surface area is 175 Å². The Bertz CT molecular complexity index is 1120. The number of ketones is 1. The van der Waals surface area contributed by atoms with E-state index >= 15 is 0 Å². The number of allylic oxidation sites excluding steroid dienone is 1. The van der Waals surface area contributed by atoms with Crippen LogP contribution >= 0.6 is 0 Å². The molecule has 5 heteroatoms. The number of aromatic hydroxyl groups is 1. The first-order valence-corrected chi connectivity index (χ1v) is 10.5. The standard InChI is InChI=1S/C25H25NO4/c1-15-9-16(2)13-26(12-15)14-20-21(27)8-7-19-24(28)23(30-25(19)20)11-18-10-17-5-3-4-6-22(17)29-18/h3-8,10-11,15-16,27H,9,12-14H2,1-2H3/b23-11-/t15-,16-/m0/s1. The molecule has 5 nitrogen and oxygen atoms in total. The first-order chi connectivity index (χ1) is 14.5. The molecule has 154 valence electrons. The first kappa shape index (κ1) is 18.9. The third-order valence-electron chi connectivity index (χ3n) is 5.96. The average molecular weight is 403 g/mol. The molecule has 30 heavy (non-hydrogen) atoms. The fraction of sp³-hybridized carbons (Fsp3) is 0.320. The van der Waals surface area contributed by atoms with Gasteiger partial charge >= 0.3 is 0 Å². The highest BCUT2D eigenvalue weighted by atomic mass is 16.5. The topological polar surface area (TPSA) is 62.9 Å². The molecule has 1 N–H and O–H groups in total. The number of ether oxygens (including phenoxy) is 1. The van der Waals surface area contributed by atoms with Crippen LogP contribution in [0.5, 0.6) is 11.5 Å². The molecule has 3 heterocycles. The minimum Gasteiger partial charge on any atom is -0.507 e. The molecule has 0 amide bonds. The SMILES string of the molecule is C[C@H]1C[C@H](C)CN(Cc2c(O)ccc3c2O/C(=C\c2cc4ccccc4o2)C3=O)C1. The van der Waals surface area contributed by atoms with Gasteiger partial charge in [0.15, 0.2) is 5.76 Å². The van der Waals surface area contributed by atoms with Gasteiger partial charge in [-0.05, 0) is 42.5 Å². The van der Waals surface area contributed by atoms with E-state index in [4.69, 9.17) is 9.15 Å². The van der Waals surface area contributed by atoms with Gasteiger partial charge in [-0.2, -0.15) is 0 Å². The minimum absolute atomic E-state index is 0.164. The summed E-state index contributed by atoms with van der Waals surface area (Å²) < 4.78 is 11.8. The van der Waals surface area contributed by atoms with E-state index in [2.05, 4.69) is 18.7 Å². The number of Topliss-reactive ketones (excluding diaryl/α,β-unsaturated/α-hetero) is 1.